The Balaban J connectivity index is 1.49. The number of ether oxygens (including phenoxy) is 2. The van der Waals surface area contributed by atoms with E-state index in [0.717, 1.165) is 4.90 Å². The molecule has 10 heteroatoms. The second-order valence-corrected chi connectivity index (χ2v) is 9.87. The van der Waals surface area contributed by atoms with Gasteiger partial charge in [0.15, 0.2) is 21.3 Å². The summed E-state index contributed by atoms with van der Waals surface area (Å²) in [6.07, 6.45) is 0. The third-order valence-corrected chi connectivity index (χ3v) is 7.59. The first-order valence-electron chi connectivity index (χ1n) is 10.1. The molecule has 0 spiro atoms. The van der Waals surface area contributed by atoms with Gasteiger partial charge in [-0.3, -0.25) is 9.59 Å². The fourth-order valence-corrected chi connectivity index (χ4v) is 5.96. The van der Waals surface area contributed by atoms with Crippen LogP contribution in [0.15, 0.2) is 66.7 Å². The van der Waals surface area contributed by atoms with Crippen LogP contribution in [0.25, 0.3) is 0 Å². The van der Waals surface area contributed by atoms with Gasteiger partial charge >= 0.3 is 5.97 Å². The Morgan fingerprint density at radius 2 is 1.79 bits per heavy atom. The summed E-state index contributed by atoms with van der Waals surface area (Å²) in [6, 6.07) is 12.5. The van der Waals surface area contributed by atoms with Crippen molar-refractivity contribution in [2.45, 2.75) is 24.1 Å². The highest BCUT2D eigenvalue weighted by molar-refractivity contribution is 7.92. The molecule has 0 aromatic heterocycles. The zero-order valence-corrected chi connectivity index (χ0v) is 18.6. The normalized spacial score (nSPS) is 23.2. The van der Waals surface area contributed by atoms with Crippen molar-refractivity contribution < 1.29 is 32.3 Å². The molecule has 0 bridgehead atoms. The van der Waals surface area contributed by atoms with Crippen LogP contribution in [0.3, 0.4) is 0 Å². The van der Waals surface area contributed by atoms with Crippen molar-refractivity contribution in [1.29, 1.82) is 0 Å². The number of carbonyl (C=O) groups is 3. The number of sulfone groups is 1. The highest BCUT2D eigenvalue weighted by Gasteiger charge is 2.62. The van der Waals surface area contributed by atoms with Crippen LogP contribution in [0.5, 0.6) is 5.75 Å². The van der Waals surface area contributed by atoms with Gasteiger partial charge in [-0.05, 0) is 35.4 Å². The third kappa shape index (κ3) is 4.21. The third-order valence-electron chi connectivity index (χ3n) is 5.59. The summed E-state index contributed by atoms with van der Waals surface area (Å²) in [5.41, 5.74) is 1.03. The molecule has 9 nitrogen and oxygen atoms in total. The van der Waals surface area contributed by atoms with E-state index < -0.39 is 50.8 Å². The van der Waals surface area contributed by atoms with Gasteiger partial charge in [-0.1, -0.05) is 36.9 Å². The minimum atomic E-state index is -3.86. The number of nitrogens with one attached hydrogen (secondary N) is 1. The Kier molecular flexibility index (Phi) is 5.94. The van der Waals surface area contributed by atoms with E-state index in [0.29, 0.717) is 11.3 Å². The Hall–Kier alpha value is -3.66. The smallest absolute Gasteiger partial charge is 0.333 e. The first-order chi connectivity index (χ1) is 15.7. The molecule has 172 valence electrons. The van der Waals surface area contributed by atoms with E-state index in [1.165, 1.54) is 7.11 Å². The molecule has 4 rings (SSSR count). The number of amides is 2. The average molecular weight is 471 g/mol. The topological polar surface area (TPSA) is 119 Å². The zero-order valence-electron chi connectivity index (χ0n) is 17.8. The molecule has 33 heavy (non-hydrogen) atoms. The molecule has 2 aromatic carbocycles. The lowest BCUT2D eigenvalue weighted by Gasteiger charge is -2.52. The molecule has 3 atom stereocenters. The number of hydrogen-bond donors (Lipinski definition) is 1. The highest BCUT2D eigenvalue weighted by atomic mass is 32.2. The van der Waals surface area contributed by atoms with Crippen LogP contribution < -0.4 is 10.1 Å². The van der Waals surface area contributed by atoms with E-state index in [-0.39, 0.29) is 17.7 Å². The standard InChI is InChI=1S/C23H22N2O7S/c1-14-13-33(29,30)22-18(24-20(26)16-6-4-3-5-7-16)21(27)25(22)19(14)23(28)32-12-15-8-10-17(31-2)11-9-15/h3-11,18-19,22H,1,12-13H2,2H3,(H,24,26). The van der Waals surface area contributed by atoms with Crippen molar-refractivity contribution in [3.8, 4) is 5.75 Å². The van der Waals surface area contributed by atoms with Crippen LogP contribution in [-0.2, 0) is 30.8 Å². The lowest BCUT2D eigenvalue weighted by molar-refractivity contribution is -0.163. The van der Waals surface area contributed by atoms with Gasteiger partial charge in [0.2, 0.25) is 0 Å². The van der Waals surface area contributed by atoms with Crippen LogP contribution in [0.2, 0.25) is 0 Å². The second-order valence-electron chi connectivity index (χ2n) is 7.78. The van der Waals surface area contributed by atoms with Gasteiger partial charge in [0.25, 0.3) is 11.8 Å². The Morgan fingerprint density at radius 3 is 2.42 bits per heavy atom. The van der Waals surface area contributed by atoms with E-state index in [2.05, 4.69) is 11.9 Å². The molecule has 2 heterocycles. The van der Waals surface area contributed by atoms with E-state index in [9.17, 15) is 22.8 Å². The Morgan fingerprint density at radius 1 is 1.12 bits per heavy atom. The summed E-state index contributed by atoms with van der Waals surface area (Å²) in [6.45, 7) is 3.63. The van der Waals surface area contributed by atoms with Crippen molar-refractivity contribution >= 4 is 27.6 Å². The zero-order chi connectivity index (χ0) is 23.8. The maximum atomic E-state index is 12.8. The molecule has 2 saturated heterocycles. The number of esters is 1. The molecule has 3 unspecified atom stereocenters. The minimum Gasteiger partial charge on any atom is -0.497 e. The maximum Gasteiger partial charge on any atom is 0.333 e. The molecule has 2 fully saturated rings. The summed E-state index contributed by atoms with van der Waals surface area (Å²) in [4.78, 5) is 39.1. The van der Waals surface area contributed by atoms with Crippen LogP contribution >= 0.6 is 0 Å². The van der Waals surface area contributed by atoms with Gasteiger partial charge in [-0.2, -0.15) is 0 Å². The summed E-state index contributed by atoms with van der Waals surface area (Å²) in [5, 5.41) is 1.12. The maximum absolute atomic E-state index is 12.8. The summed E-state index contributed by atoms with van der Waals surface area (Å²) >= 11 is 0. The van der Waals surface area contributed by atoms with Crippen molar-refractivity contribution in [3.05, 3.63) is 77.9 Å². The summed E-state index contributed by atoms with van der Waals surface area (Å²) in [5.74, 6) is -1.88. The summed E-state index contributed by atoms with van der Waals surface area (Å²) in [7, 11) is -2.32. The molecule has 2 aliphatic heterocycles. The van der Waals surface area contributed by atoms with Crippen molar-refractivity contribution in [2.75, 3.05) is 12.9 Å². The van der Waals surface area contributed by atoms with Gasteiger partial charge in [0.05, 0.1) is 12.9 Å². The van der Waals surface area contributed by atoms with Gasteiger partial charge in [0, 0.05) is 5.56 Å². The van der Waals surface area contributed by atoms with Crippen LogP contribution in [0, 0.1) is 0 Å². The number of methoxy groups -OCH3 is 1. The Labute approximate surface area is 190 Å². The van der Waals surface area contributed by atoms with E-state index in [1.807, 2.05) is 0 Å². The largest absolute Gasteiger partial charge is 0.497 e. The average Bonchev–Trinajstić information content (AvgIpc) is 2.81. The predicted octanol–water partition coefficient (Wildman–Crippen LogP) is 1.06. The molecule has 1 N–H and O–H groups in total. The number of rotatable bonds is 6. The van der Waals surface area contributed by atoms with Gasteiger partial charge in [-0.15, -0.1) is 0 Å². The molecule has 2 aromatic rings. The molecule has 0 aliphatic carbocycles. The van der Waals surface area contributed by atoms with Crippen LogP contribution in [0.1, 0.15) is 15.9 Å². The monoisotopic (exact) mass is 470 g/mol. The first kappa shape index (κ1) is 22.5. The Bertz CT molecular complexity index is 1210. The first-order valence-corrected chi connectivity index (χ1v) is 11.8. The fraction of sp³-hybridized carbons (Fsp3) is 0.261. The van der Waals surface area contributed by atoms with Crippen molar-refractivity contribution in [1.82, 2.24) is 10.2 Å². The molecular formula is C23H22N2O7S. The predicted molar refractivity (Wildman–Crippen MR) is 118 cm³/mol. The summed E-state index contributed by atoms with van der Waals surface area (Å²) < 4.78 is 36.0. The molecule has 0 saturated carbocycles. The molecule has 2 aliphatic rings. The van der Waals surface area contributed by atoms with Crippen LogP contribution in [0.4, 0.5) is 0 Å². The number of β-lactam (4-membered cyclic amide) rings is 1. The lowest BCUT2D eigenvalue weighted by atomic mass is 9.98. The molecule has 0 radical (unpaired) electrons. The molecular weight excluding hydrogens is 448 g/mol. The SMILES string of the molecule is C=C1CS(=O)(=O)C2C(NC(=O)c3ccccc3)C(=O)N2C1C(=O)OCc1ccc(OC)cc1. The van der Waals surface area contributed by atoms with Crippen LogP contribution in [-0.4, -0.2) is 61.4 Å². The fourth-order valence-electron chi connectivity index (χ4n) is 3.94. The lowest BCUT2D eigenvalue weighted by Crippen LogP contribution is -2.78. The van der Waals surface area contributed by atoms with Gasteiger partial charge < -0.3 is 19.7 Å². The van der Waals surface area contributed by atoms with Crippen molar-refractivity contribution in [3.63, 3.8) is 0 Å². The second kappa shape index (κ2) is 8.70. The van der Waals surface area contributed by atoms with Crippen molar-refractivity contribution in [2.24, 2.45) is 0 Å². The van der Waals surface area contributed by atoms with E-state index in [1.54, 1.807) is 54.6 Å². The number of nitrogens with zero attached hydrogens (tertiary/aromatic N) is 1. The number of hydrogen-bond acceptors (Lipinski definition) is 7. The quantitative estimate of drug-likeness (QED) is 0.381. The van der Waals surface area contributed by atoms with E-state index >= 15 is 0 Å². The molecule has 2 amide bonds. The number of fused-ring (bicyclic) bond motifs is 1. The van der Waals surface area contributed by atoms with Gasteiger partial charge in [-0.25, -0.2) is 13.2 Å². The number of carbonyl (C=O) groups excluding carboxylic acids is 3. The number of benzene rings is 2. The van der Waals surface area contributed by atoms with E-state index in [4.69, 9.17) is 9.47 Å². The van der Waals surface area contributed by atoms with Gasteiger partial charge in [0.1, 0.15) is 18.4 Å². The minimum absolute atomic E-state index is 0.0483. The highest BCUT2D eigenvalue weighted by Crippen LogP contribution is 2.36.